The summed E-state index contributed by atoms with van der Waals surface area (Å²) in [6.45, 7) is 64.6. The van der Waals surface area contributed by atoms with E-state index in [9.17, 15) is 94.5 Å². The van der Waals surface area contributed by atoms with E-state index in [1.165, 1.54) is 89.0 Å². The van der Waals surface area contributed by atoms with Crippen LogP contribution in [-0.2, 0) is 160 Å². The topological polar surface area (TPSA) is 776 Å². The molecule has 14 N–H and O–H groups in total. The van der Waals surface area contributed by atoms with Crippen molar-refractivity contribution in [2.75, 3.05) is 142 Å². The van der Waals surface area contributed by atoms with E-state index in [0.29, 0.717) is 0 Å². The Balaban J connectivity index is -0.00000155. The van der Waals surface area contributed by atoms with Crippen molar-refractivity contribution in [1.29, 1.82) is 0 Å². The van der Waals surface area contributed by atoms with Crippen LogP contribution in [0.4, 0.5) is 0 Å². The fourth-order valence-corrected chi connectivity index (χ4v) is 23.3. The molecule has 6 rings (SSSR count). The first-order valence-corrected chi connectivity index (χ1v) is 60.8. The van der Waals surface area contributed by atoms with Crippen molar-refractivity contribution < 1.29 is 254 Å². The summed E-state index contributed by atoms with van der Waals surface area (Å²) in [6, 6.07) is 0. The van der Waals surface area contributed by atoms with E-state index >= 15 is 0 Å². The van der Waals surface area contributed by atoms with E-state index in [-0.39, 0.29) is 114 Å². The number of nitrogens with one attached hydrogen (secondary N) is 2. The van der Waals surface area contributed by atoms with Gasteiger partial charge in [-0.25, -0.2) is 44.4 Å². The van der Waals surface area contributed by atoms with E-state index in [1.54, 1.807) is 44.6 Å². The molecule has 6 aliphatic rings. The summed E-state index contributed by atoms with van der Waals surface area (Å²) in [6.07, 6.45) is -1.50. The fourth-order valence-electron chi connectivity index (χ4n) is 14.8. The minimum Gasteiger partial charge on any atom is -0.756 e. The van der Waals surface area contributed by atoms with Gasteiger partial charge in [0.2, 0.25) is 0 Å². The second-order valence-electron chi connectivity index (χ2n) is 37.3. The average molecular weight is 2270 g/mol. The smallest absolute Gasteiger partial charge is 0.478 e. The molecule has 0 saturated carbocycles. The molecule has 65 heteroatoms. The Labute approximate surface area is 824 Å². The third-order valence-electron chi connectivity index (χ3n) is 28.4. The van der Waals surface area contributed by atoms with Crippen LogP contribution in [0.15, 0.2) is 0 Å². The molecule has 26 atom stereocenters. The van der Waals surface area contributed by atoms with E-state index < -0.39 is 158 Å². The molecular weight excluding hydrogens is 2100 g/mol. The molecule has 6 fully saturated rings. The zero-order valence-corrected chi connectivity index (χ0v) is 97.6. The number of ether oxygens (including phenoxy) is 12. The van der Waals surface area contributed by atoms with Crippen molar-refractivity contribution in [3.05, 3.63) is 0 Å². The standard InChI is InChI=1S/2C10H23O12P3.C10H22O9P2.2C10H21O6P.C10H20O3.2C6H15N.C3H9O4P/c2*1-7-9(3,4)8(2)20-10(7,18-5)6-19-24(14,15)22-25(16,17)21-23(11,12)13;1-7-9(3,4)8(2)18-10(7,16-5)6-17-21(14,15)19-20(11,12)13;2*1-7-9(3,4)8(2)16-10(7,14-5)6-15-17(11,12)13;1-7-9(3,4)8(2)13-10(7,6-11)12-5;2*1-4-7(5-2)6-3;1-6-8(5,3-4)7-2/h2*7-8H,6H2,1-5H3,(H,14,15)(H,16,17)(H2,11,12,13);7-8H,6H2,1-5H3,(H,14,15)(H2,11,12,13);2*7-8H,6H2,1-5H3,(H2,11,12,13);7-8,11H,6H2,1-5H3;2*4-6H2,1-3H3;4H,3H2,1-2H3/p-3/t6*7-,8-,10+;;;/m000000.../s1. The van der Waals surface area contributed by atoms with Crippen molar-refractivity contribution in [3.63, 3.8) is 0 Å². The van der Waals surface area contributed by atoms with E-state index in [1.807, 2.05) is 118 Å². The zero-order chi connectivity index (χ0) is 112. The summed E-state index contributed by atoms with van der Waals surface area (Å²) < 4.78 is 236. The number of quaternary nitrogens is 2. The highest BCUT2D eigenvalue weighted by Crippen LogP contribution is 2.67. The van der Waals surface area contributed by atoms with E-state index in [2.05, 4.69) is 116 Å². The Morgan fingerprint density at radius 2 is 0.436 bits per heavy atom. The van der Waals surface area contributed by atoms with Crippen molar-refractivity contribution in [2.45, 2.75) is 279 Å². The highest BCUT2D eigenvalue weighted by molar-refractivity contribution is 7.66. The molecule has 0 amide bonds. The molecule has 0 bridgehead atoms. The summed E-state index contributed by atoms with van der Waals surface area (Å²) in [5.41, 5.74) is -1.38. The Morgan fingerprint density at radius 3 is 0.536 bits per heavy atom. The van der Waals surface area contributed by atoms with Crippen LogP contribution < -0.4 is 34.3 Å². The summed E-state index contributed by atoms with van der Waals surface area (Å²) in [4.78, 5) is 145. The largest absolute Gasteiger partial charge is 0.756 e. The van der Waals surface area contributed by atoms with E-state index in [0.717, 1.165) is 0 Å². The first kappa shape index (κ1) is 145. The van der Waals surface area contributed by atoms with Crippen molar-refractivity contribution >= 4 is 85.8 Å². The molecule has 0 aromatic heterocycles. The van der Waals surface area contributed by atoms with Crippen molar-refractivity contribution in [3.8, 4) is 0 Å². The molecule has 6 heterocycles. The van der Waals surface area contributed by atoms with Gasteiger partial charge >= 0.3 is 46.7 Å². The zero-order valence-electron chi connectivity index (χ0n) is 87.7. The Hall–Kier alpha value is 0.810. The molecule has 6 saturated heterocycles. The number of phosphoric acid groups is 10. The van der Waals surface area contributed by atoms with Gasteiger partial charge in [0.1, 0.15) is 39.4 Å². The second-order valence-corrected chi connectivity index (χ2v) is 53.4. The third-order valence-corrected chi connectivity index (χ3v) is 40.3. The molecular formula is C75H166N2O52P11-3. The third kappa shape index (κ3) is 43.6. The van der Waals surface area contributed by atoms with Gasteiger partial charge in [-0.2, -0.15) is 0 Å². The minimum absolute atomic E-state index is 0.0404. The second kappa shape index (κ2) is 56.8. The number of rotatable bonds is 41. The quantitative estimate of drug-likeness (QED) is 0.0283. The normalized spacial score (nSPS) is 33.5. The van der Waals surface area contributed by atoms with Gasteiger partial charge in [0.15, 0.2) is 34.7 Å². The van der Waals surface area contributed by atoms with E-state index in [4.69, 9.17) is 96.2 Å². The fraction of sp³-hybridized carbons (Fsp3) is 1.00. The van der Waals surface area contributed by atoms with Gasteiger partial charge in [0.05, 0.1) is 82.5 Å². The molecule has 0 aromatic carbocycles. The molecule has 54 nitrogen and oxygen atoms in total. The highest BCUT2D eigenvalue weighted by Gasteiger charge is 2.63. The summed E-state index contributed by atoms with van der Waals surface area (Å²) in [5, 5.41) is 17.6. The average Bonchev–Trinajstić information content (AvgIpc) is 1.63. The van der Waals surface area contributed by atoms with Crippen molar-refractivity contribution in [1.82, 2.24) is 0 Å². The summed E-state index contributed by atoms with van der Waals surface area (Å²) in [5.74, 6) is -8.10. The van der Waals surface area contributed by atoms with Crippen LogP contribution in [0.3, 0.4) is 0 Å². The predicted molar refractivity (Wildman–Crippen MR) is 494 cm³/mol. The monoisotopic (exact) mass is 2270 g/mol. The number of aliphatic hydroxyl groups is 2. The number of hydrogen-bond donors (Lipinski definition) is 14. The molecule has 0 spiro atoms. The van der Waals surface area contributed by atoms with Crippen LogP contribution in [0.25, 0.3) is 0 Å². The summed E-state index contributed by atoms with van der Waals surface area (Å²) in [7, 11) is -45.6. The lowest BCUT2D eigenvalue weighted by Crippen LogP contribution is -3.11. The maximum atomic E-state index is 11.8. The van der Waals surface area contributed by atoms with Crippen LogP contribution in [0.5, 0.6) is 0 Å². The van der Waals surface area contributed by atoms with Crippen LogP contribution in [0.1, 0.15) is 208 Å². The molecule has 8 unspecified atom stereocenters. The van der Waals surface area contributed by atoms with Crippen LogP contribution in [0, 0.1) is 68.0 Å². The van der Waals surface area contributed by atoms with Gasteiger partial charge < -0.3 is 159 Å². The lowest BCUT2D eigenvalue weighted by atomic mass is 9.75. The Kier molecular flexibility index (Phi) is 58.8. The lowest BCUT2D eigenvalue weighted by Gasteiger charge is -2.35. The number of methoxy groups -OCH3 is 6. The van der Waals surface area contributed by atoms with Gasteiger partial charge in [-0.15, -0.1) is 0 Å². The highest BCUT2D eigenvalue weighted by atomic mass is 31.3. The first-order valence-electron chi connectivity index (χ1n) is 44.2. The Morgan fingerprint density at radius 1 is 0.271 bits per heavy atom. The molecule has 0 aliphatic carbocycles. The molecule has 6 aliphatic heterocycles. The molecule has 140 heavy (non-hydrogen) atoms. The SMILES string of the molecule is CC[NH+](CC)CC.CC[NH+](CC)CC.COP(=O)(CO)OC.CO[C@]1(CO)O[C@@H](C)C(C)(C)[C@@H]1C.CO[C@]1(COP(=O)(O)O)O[C@@H](C)C(C)(C)[C@@H]1C.CO[C@]1(COP(=O)(O)O)O[C@@H](C)C(C)(C)[C@@H]1C.CO[C@]1(COP(=O)(O)OP(=O)([O-])O)O[C@@H](C)C(C)(C)[C@@H]1C.CO[C@]1(COP(=O)(O)OP(=O)([O-])OP(=O)([O-])O)O[C@@H](C)C(C)(C)[C@@H]1C.CO[C@]1(COP(=O)(O)OP(=O)([O-])OP(=O)([O-])O)O[C@@H](C)C(C)(C)[C@@H]1C. The number of hydrogen-bond acceptors (Lipinski definition) is 42. The molecule has 846 valence electrons. The summed E-state index contributed by atoms with van der Waals surface area (Å²) >= 11 is 0. The van der Waals surface area contributed by atoms with Gasteiger partial charge in [0, 0.05) is 92.4 Å². The number of phosphoric ester groups is 5. The van der Waals surface area contributed by atoms with Crippen LogP contribution >= 0.6 is 85.8 Å². The van der Waals surface area contributed by atoms with Gasteiger partial charge in [-0.1, -0.05) is 125 Å². The predicted octanol–water partition coefficient (Wildman–Crippen LogP) is 6.71. The molecule has 0 aromatic rings. The lowest BCUT2D eigenvalue weighted by molar-refractivity contribution is -0.894. The van der Waals surface area contributed by atoms with Gasteiger partial charge in [-0.3, -0.25) is 50.0 Å². The van der Waals surface area contributed by atoms with Crippen LogP contribution in [0.2, 0.25) is 0 Å². The van der Waals surface area contributed by atoms with Crippen molar-refractivity contribution in [2.24, 2.45) is 68.0 Å². The molecule has 0 radical (unpaired) electrons. The maximum absolute atomic E-state index is 11.8. The van der Waals surface area contributed by atoms with Gasteiger partial charge in [-0.05, 0) is 116 Å². The minimum atomic E-state index is -5.88. The Bertz CT molecular complexity index is 4040. The number of aliphatic hydroxyl groups excluding tert-OH is 2. The maximum Gasteiger partial charge on any atom is 0.478 e. The van der Waals surface area contributed by atoms with Crippen LogP contribution in [-0.4, -0.2) is 273 Å². The first-order chi connectivity index (χ1) is 62.6. The van der Waals surface area contributed by atoms with Gasteiger partial charge in [0.25, 0.3) is 39.1 Å².